The Morgan fingerprint density at radius 3 is 2.53 bits per heavy atom. The first kappa shape index (κ1) is 25.1. The van der Waals surface area contributed by atoms with Crippen LogP contribution in [0, 0.1) is 0 Å². The minimum atomic E-state index is -0.546. The van der Waals surface area contributed by atoms with E-state index in [2.05, 4.69) is 15.2 Å². The minimum absolute atomic E-state index is 0.0357. The monoisotopic (exact) mass is 528 g/mol. The number of ether oxygens (including phenoxy) is 2. The topological polar surface area (TPSA) is 111 Å². The van der Waals surface area contributed by atoms with Gasteiger partial charge in [-0.2, -0.15) is 0 Å². The predicted molar refractivity (Wildman–Crippen MR) is 143 cm³/mol. The molecule has 0 radical (unpaired) electrons. The molecule has 38 heavy (non-hydrogen) atoms. The van der Waals surface area contributed by atoms with E-state index in [0.29, 0.717) is 28.2 Å². The fraction of sp³-hybridized carbons (Fsp3) is 0.143. The van der Waals surface area contributed by atoms with Crippen molar-refractivity contribution in [1.29, 1.82) is 0 Å². The van der Waals surface area contributed by atoms with Crippen molar-refractivity contribution in [2.24, 2.45) is 0 Å². The maximum atomic E-state index is 13.7. The summed E-state index contributed by atoms with van der Waals surface area (Å²) < 4.78 is 16.7. The van der Waals surface area contributed by atoms with E-state index in [-0.39, 0.29) is 12.6 Å². The molecule has 1 amide bonds. The smallest absolute Gasteiger partial charge is 0.277 e. The number of rotatable bonds is 7. The van der Waals surface area contributed by atoms with Gasteiger partial charge < -0.3 is 23.8 Å². The Morgan fingerprint density at radius 2 is 1.74 bits per heavy atom. The van der Waals surface area contributed by atoms with Crippen LogP contribution < -0.4 is 9.47 Å². The molecular formula is C28H24N4O5S. The van der Waals surface area contributed by atoms with Crippen LogP contribution in [-0.4, -0.2) is 53.2 Å². The Bertz CT molecular complexity index is 1560. The first-order valence-electron chi connectivity index (χ1n) is 11.7. The number of aromatic amines is 1. The maximum absolute atomic E-state index is 13.7. The summed E-state index contributed by atoms with van der Waals surface area (Å²) in [6.45, 7) is 0.193. The van der Waals surface area contributed by atoms with Gasteiger partial charge in [0.05, 0.1) is 0 Å². The number of thioether (sulfide) groups is 1. The number of benzene rings is 3. The standard InChI is InChI=1S/C25H17N3O4S.C3H7NO/c29-22(18-13-26-19-9-5-4-8-17(18)19)23(15-6-2-1-3-7-15)33-25-28-27-24(32-25)16-10-11-20-21(12-16)31-14-30-20;1-4(2)3-5/h1-13,23,26H,14H2;3H,1-2H3. The van der Waals surface area contributed by atoms with Crippen molar-refractivity contribution in [1.82, 2.24) is 20.1 Å². The summed E-state index contributed by atoms with van der Waals surface area (Å²) in [7, 11) is 3.38. The van der Waals surface area contributed by atoms with Gasteiger partial charge in [-0.3, -0.25) is 9.59 Å². The van der Waals surface area contributed by atoms with Crippen LogP contribution in [0.15, 0.2) is 88.6 Å². The second-order valence-electron chi connectivity index (χ2n) is 8.53. The van der Waals surface area contributed by atoms with Gasteiger partial charge in [0.2, 0.25) is 19.1 Å². The zero-order chi connectivity index (χ0) is 26.5. The van der Waals surface area contributed by atoms with Gasteiger partial charge in [0.25, 0.3) is 5.22 Å². The summed E-state index contributed by atoms with van der Waals surface area (Å²) in [5.41, 5.74) is 3.13. The van der Waals surface area contributed by atoms with Gasteiger partial charge in [-0.05, 0) is 41.6 Å². The summed E-state index contributed by atoms with van der Waals surface area (Å²) >= 11 is 1.24. The summed E-state index contributed by atoms with van der Waals surface area (Å²) in [5, 5.41) is 9.02. The number of amides is 1. The van der Waals surface area contributed by atoms with Gasteiger partial charge in [0, 0.05) is 42.3 Å². The van der Waals surface area contributed by atoms with Crippen LogP contribution >= 0.6 is 11.8 Å². The van der Waals surface area contributed by atoms with Crippen LogP contribution in [0.4, 0.5) is 0 Å². The summed E-state index contributed by atoms with van der Waals surface area (Å²) in [4.78, 5) is 27.7. The zero-order valence-electron chi connectivity index (χ0n) is 20.7. The fourth-order valence-corrected chi connectivity index (χ4v) is 4.77. The number of H-pyrrole nitrogens is 1. The van der Waals surface area contributed by atoms with Gasteiger partial charge in [-0.15, -0.1) is 10.2 Å². The van der Waals surface area contributed by atoms with E-state index < -0.39 is 5.25 Å². The van der Waals surface area contributed by atoms with Crippen molar-refractivity contribution < 1.29 is 23.5 Å². The normalized spacial score (nSPS) is 12.5. The number of fused-ring (bicyclic) bond motifs is 2. The third-order valence-corrected chi connectivity index (χ3v) is 6.74. The van der Waals surface area contributed by atoms with E-state index in [0.717, 1.165) is 28.4 Å². The Morgan fingerprint density at radius 1 is 1.00 bits per heavy atom. The first-order chi connectivity index (χ1) is 18.5. The molecule has 0 fully saturated rings. The molecule has 1 aliphatic heterocycles. The van der Waals surface area contributed by atoms with Crippen molar-refractivity contribution in [3.8, 4) is 23.0 Å². The highest BCUT2D eigenvalue weighted by Crippen LogP contribution is 2.40. The average molecular weight is 529 g/mol. The van der Waals surface area contributed by atoms with E-state index >= 15 is 0 Å². The molecule has 2 aromatic heterocycles. The molecule has 0 spiro atoms. The summed E-state index contributed by atoms with van der Waals surface area (Å²) in [6, 6.07) is 22.8. The van der Waals surface area contributed by atoms with Crippen molar-refractivity contribution in [3.05, 3.63) is 90.1 Å². The van der Waals surface area contributed by atoms with Crippen molar-refractivity contribution in [3.63, 3.8) is 0 Å². The Hall–Kier alpha value is -4.57. The second kappa shape index (κ2) is 11.2. The molecule has 1 atom stereocenters. The van der Waals surface area contributed by atoms with Gasteiger partial charge in [0.15, 0.2) is 17.3 Å². The number of para-hydroxylation sites is 1. The molecule has 1 unspecified atom stereocenters. The molecule has 0 bridgehead atoms. The highest BCUT2D eigenvalue weighted by molar-refractivity contribution is 8.00. The zero-order valence-corrected chi connectivity index (χ0v) is 21.5. The molecule has 9 nitrogen and oxygen atoms in total. The number of nitrogens with zero attached hydrogens (tertiary/aromatic N) is 3. The number of hydrogen-bond donors (Lipinski definition) is 1. The number of hydrogen-bond acceptors (Lipinski definition) is 8. The number of aromatic nitrogens is 3. The number of Topliss-reactive ketones (excluding diaryl/α,β-unsaturated/α-hetero) is 1. The quantitative estimate of drug-likeness (QED) is 0.171. The second-order valence-corrected chi connectivity index (χ2v) is 9.59. The molecule has 1 aliphatic rings. The number of carbonyl (C=O) groups is 2. The van der Waals surface area contributed by atoms with E-state index in [4.69, 9.17) is 13.9 Å². The third kappa shape index (κ3) is 5.40. The van der Waals surface area contributed by atoms with Gasteiger partial charge in [-0.1, -0.05) is 48.5 Å². The van der Waals surface area contributed by atoms with Crippen LogP contribution in [0.25, 0.3) is 22.4 Å². The van der Waals surface area contributed by atoms with E-state index in [1.54, 1.807) is 26.4 Å². The van der Waals surface area contributed by atoms with E-state index in [9.17, 15) is 9.59 Å². The number of nitrogens with one attached hydrogen (secondary N) is 1. The Labute approximate surface area is 222 Å². The molecule has 1 N–H and O–H groups in total. The number of ketones is 1. The summed E-state index contributed by atoms with van der Waals surface area (Å²) in [6.07, 6.45) is 2.51. The molecule has 3 heterocycles. The van der Waals surface area contributed by atoms with E-state index in [1.165, 1.54) is 16.7 Å². The SMILES string of the molecule is CN(C)C=O.O=C(c1c[nH]c2ccccc12)C(Sc1nnc(-c2ccc3c(c2)OCO3)o1)c1ccccc1. The molecule has 192 valence electrons. The molecule has 0 saturated carbocycles. The Balaban J connectivity index is 0.000000540. The third-order valence-electron chi connectivity index (χ3n) is 5.65. The average Bonchev–Trinajstić information content (AvgIpc) is 3.71. The van der Waals surface area contributed by atoms with Gasteiger partial charge in [-0.25, -0.2) is 0 Å². The highest BCUT2D eigenvalue weighted by Gasteiger charge is 2.28. The maximum Gasteiger partial charge on any atom is 0.277 e. The lowest BCUT2D eigenvalue weighted by Crippen LogP contribution is -2.09. The lowest BCUT2D eigenvalue weighted by molar-refractivity contribution is -0.115. The molecule has 10 heteroatoms. The summed E-state index contributed by atoms with van der Waals surface area (Å²) in [5.74, 6) is 1.63. The van der Waals surface area contributed by atoms with Crippen LogP contribution in [0.1, 0.15) is 21.2 Å². The van der Waals surface area contributed by atoms with Crippen LogP contribution in [-0.2, 0) is 4.79 Å². The molecular weight excluding hydrogens is 504 g/mol. The molecule has 6 rings (SSSR count). The van der Waals surface area contributed by atoms with Crippen LogP contribution in [0.5, 0.6) is 11.5 Å². The molecule has 0 saturated heterocycles. The molecule has 5 aromatic rings. The van der Waals surface area contributed by atoms with E-state index in [1.807, 2.05) is 66.7 Å². The van der Waals surface area contributed by atoms with Crippen molar-refractivity contribution in [2.75, 3.05) is 20.9 Å². The fourth-order valence-electron chi connectivity index (χ4n) is 3.82. The van der Waals surface area contributed by atoms with Crippen LogP contribution in [0.2, 0.25) is 0 Å². The highest BCUT2D eigenvalue weighted by atomic mass is 32.2. The molecule has 0 aliphatic carbocycles. The lowest BCUT2D eigenvalue weighted by atomic mass is 10.0. The van der Waals surface area contributed by atoms with Crippen molar-refractivity contribution >= 4 is 34.9 Å². The number of carbonyl (C=O) groups excluding carboxylic acids is 2. The Kier molecular flexibility index (Phi) is 7.41. The first-order valence-corrected chi connectivity index (χ1v) is 12.6. The van der Waals surface area contributed by atoms with Crippen LogP contribution in [0.3, 0.4) is 0 Å². The lowest BCUT2D eigenvalue weighted by Gasteiger charge is -2.13. The van der Waals surface area contributed by atoms with Gasteiger partial charge >= 0.3 is 0 Å². The van der Waals surface area contributed by atoms with Crippen molar-refractivity contribution in [2.45, 2.75) is 10.5 Å². The largest absolute Gasteiger partial charge is 0.454 e. The van der Waals surface area contributed by atoms with Gasteiger partial charge in [0.1, 0.15) is 5.25 Å². The predicted octanol–water partition coefficient (Wildman–Crippen LogP) is 5.37. The minimum Gasteiger partial charge on any atom is -0.454 e. The molecule has 3 aromatic carbocycles.